The Hall–Kier alpha value is -1.07. The molecule has 3 aliphatic rings. The number of carbonyl (C=O) groups is 1. The zero-order chi connectivity index (χ0) is 14.9. The summed E-state index contributed by atoms with van der Waals surface area (Å²) in [7, 11) is 2.01. The van der Waals surface area contributed by atoms with Crippen LogP contribution in [-0.4, -0.2) is 67.3 Å². The molecule has 2 atom stereocenters. The summed E-state index contributed by atoms with van der Waals surface area (Å²) in [6.45, 7) is 8.34. The van der Waals surface area contributed by atoms with Crippen LogP contribution >= 0.6 is 0 Å². The Bertz CT molecular complexity index is 420. The molecule has 3 fully saturated rings. The second kappa shape index (κ2) is 5.97. The first kappa shape index (κ1) is 14.9. The van der Waals surface area contributed by atoms with Gasteiger partial charge < -0.3 is 15.0 Å². The third-order valence-corrected chi connectivity index (χ3v) is 5.24. The van der Waals surface area contributed by atoms with E-state index in [1.807, 2.05) is 11.9 Å². The Morgan fingerprint density at radius 3 is 2.95 bits per heavy atom. The second-order valence-corrected chi connectivity index (χ2v) is 6.77. The van der Waals surface area contributed by atoms with E-state index in [0.717, 1.165) is 51.9 Å². The van der Waals surface area contributed by atoms with Gasteiger partial charge in [-0.25, -0.2) is 4.79 Å². The van der Waals surface area contributed by atoms with Crippen LogP contribution in [0.1, 0.15) is 32.1 Å². The van der Waals surface area contributed by atoms with Crippen molar-refractivity contribution in [3.8, 4) is 0 Å². The highest BCUT2D eigenvalue weighted by Gasteiger charge is 2.50. The Morgan fingerprint density at radius 1 is 1.48 bits per heavy atom. The van der Waals surface area contributed by atoms with Crippen molar-refractivity contribution in [2.45, 2.75) is 43.7 Å². The fourth-order valence-electron chi connectivity index (χ4n) is 4.28. The molecule has 3 rings (SSSR count). The first-order valence-electron chi connectivity index (χ1n) is 8.14. The molecule has 3 saturated heterocycles. The maximum Gasteiger partial charge on any atom is 0.409 e. The largest absolute Gasteiger partial charge is 0.448 e. The molecule has 0 aromatic heterocycles. The number of ether oxygens (including phenoxy) is 1. The molecule has 0 spiro atoms. The van der Waals surface area contributed by atoms with Crippen molar-refractivity contribution in [3.05, 3.63) is 12.2 Å². The zero-order valence-corrected chi connectivity index (χ0v) is 13.1. The van der Waals surface area contributed by atoms with Crippen LogP contribution in [0.3, 0.4) is 0 Å². The quantitative estimate of drug-likeness (QED) is 0.800. The van der Waals surface area contributed by atoms with Crippen molar-refractivity contribution < 1.29 is 9.53 Å². The predicted octanol–water partition coefficient (Wildman–Crippen LogP) is 1.60. The van der Waals surface area contributed by atoms with Crippen LogP contribution in [0.2, 0.25) is 0 Å². The molecule has 0 aromatic carbocycles. The van der Waals surface area contributed by atoms with E-state index in [2.05, 4.69) is 16.8 Å². The van der Waals surface area contributed by atoms with Crippen LogP contribution in [0.25, 0.3) is 0 Å². The number of hydrogen-bond donors (Lipinski definition) is 1. The third-order valence-electron chi connectivity index (χ3n) is 5.24. The average Bonchev–Trinajstić information content (AvgIpc) is 3.13. The van der Waals surface area contributed by atoms with Crippen molar-refractivity contribution in [1.82, 2.24) is 15.1 Å². The summed E-state index contributed by atoms with van der Waals surface area (Å²) in [4.78, 5) is 16.4. The van der Waals surface area contributed by atoms with Crippen molar-refractivity contribution >= 4 is 6.09 Å². The van der Waals surface area contributed by atoms with Crippen molar-refractivity contribution in [3.63, 3.8) is 0 Å². The van der Waals surface area contributed by atoms with Gasteiger partial charge in [0, 0.05) is 37.8 Å². The van der Waals surface area contributed by atoms with Gasteiger partial charge in [-0.1, -0.05) is 12.2 Å². The molecule has 3 aliphatic heterocycles. The molecule has 0 aliphatic carbocycles. The average molecular weight is 293 g/mol. The molecule has 0 aromatic rings. The second-order valence-electron chi connectivity index (χ2n) is 6.77. The molecule has 2 unspecified atom stereocenters. The number of rotatable bonds is 4. The fourth-order valence-corrected chi connectivity index (χ4v) is 4.28. The smallest absolute Gasteiger partial charge is 0.409 e. The van der Waals surface area contributed by atoms with Gasteiger partial charge in [0.25, 0.3) is 0 Å². The first-order valence-corrected chi connectivity index (χ1v) is 8.14. The third kappa shape index (κ3) is 2.81. The number of fused-ring (bicyclic) bond motifs is 1. The van der Waals surface area contributed by atoms with E-state index >= 15 is 0 Å². The number of hydrogen-bond acceptors (Lipinski definition) is 4. The van der Waals surface area contributed by atoms with E-state index in [1.165, 1.54) is 12.0 Å². The van der Waals surface area contributed by atoms with Gasteiger partial charge in [-0.05, 0) is 39.2 Å². The normalized spacial score (nSPS) is 32.7. The van der Waals surface area contributed by atoms with E-state index < -0.39 is 0 Å². The highest BCUT2D eigenvalue weighted by molar-refractivity contribution is 5.67. The Kier molecular flexibility index (Phi) is 4.22. The molecular weight excluding hydrogens is 266 g/mol. The molecule has 1 amide bonds. The van der Waals surface area contributed by atoms with Crippen molar-refractivity contribution in [2.75, 3.05) is 39.8 Å². The number of likely N-dealkylation sites (N-methyl/N-ethyl adjacent to an activating group) is 1. The minimum Gasteiger partial charge on any atom is -0.448 e. The van der Waals surface area contributed by atoms with Gasteiger partial charge in [0.2, 0.25) is 0 Å². The summed E-state index contributed by atoms with van der Waals surface area (Å²) in [6, 6.07) is 0.351. The van der Waals surface area contributed by atoms with Gasteiger partial charge in [-0.2, -0.15) is 0 Å². The van der Waals surface area contributed by atoms with E-state index in [0.29, 0.717) is 12.6 Å². The number of nitrogens with one attached hydrogen (secondary N) is 1. The first-order chi connectivity index (χ1) is 10.1. The lowest BCUT2D eigenvalue weighted by Gasteiger charge is -2.34. The minimum atomic E-state index is -0.128. The SMILES string of the molecule is C=C1CN2C(COC(=O)N3CCCC3)CCC2(CNC)C1. The van der Waals surface area contributed by atoms with Gasteiger partial charge in [0.05, 0.1) is 0 Å². The van der Waals surface area contributed by atoms with Crippen LogP contribution in [0, 0.1) is 0 Å². The Morgan fingerprint density at radius 2 is 2.24 bits per heavy atom. The van der Waals surface area contributed by atoms with Crippen molar-refractivity contribution in [1.29, 1.82) is 0 Å². The number of likely N-dealkylation sites (tertiary alicyclic amines) is 1. The predicted molar refractivity (Wildman–Crippen MR) is 82.3 cm³/mol. The lowest BCUT2D eigenvalue weighted by atomic mass is 9.93. The van der Waals surface area contributed by atoms with Crippen LogP contribution in [-0.2, 0) is 4.74 Å². The molecule has 118 valence electrons. The molecule has 5 heteroatoms. The molecule has 21 heavy (non-hydrogen) atoms. The van der Waals surface area contributed by atoms with Gasteiger partial charge in [-0.3, -0.25) is 4.90 Å². The minimum absolute atomic E-state index is 0.128. The summed E-state index contributed by atoms with van der Waals surface area (Å²) in [5.41, 5.74) is 1.51. The lowest BCUT2D eigenvalue weighted by molar-refractivity contribution is 0.0657. The molecule has 0 bridgehead atoms. The van der Waals surface area contributed by atoms with Crippen LogP contribution in [0.4, 0.5) is 4.79 Å². The number of amides is 1. The van der Waals surface area contributed by atoms with Gasteiger partial charge in [-0.15, -0.1) is 0 Å². The summed E-state index contributed by atoms with van der Waals surface area (Å²) in [5.74, 6) is 0. The molecule has 5 nitrogen and oxygen atoms in total. The number of carbonyl (C=O) groups excluding carboxylic acids is 1. The summed E-state index contributed by atoms with van der Waals surface area (Å²) < 4.78 is 5.57. The summed E-state index contributed by atoms with van der Waals surface area (Å²) in [6.07, 6.45) is 5.44. The lowest BCUT2D eigenvalue weighted by Crippen LogP contribution is -2.49. The van der Waals surface area contributed by atoms with Crippen LogP contribution < -0.4 is 5.32 Å². The molecular formula is C16H27N3O2. The van der Waals surface area contributed by atoms with Crippen LogP contribution in [0.15, 0.2) is 12.2 Å². The monoisotopic (exact) mass is 293 g/mol. The zero-order valence-electron chi connectivity index (χ0n) is 13.1. The van der Waals surface area contributed by atoms with E-state index in [4.69, 9.17) is 4.74 Å². The van der Waals surface area contributed by atoms with E-state index in [-0.39, 0.29) is 11.6 Å². The van der Waals surface area contributed by atoms with E-state index in [9.17, 15) is 4.79 Å². The molecule has 0 radical (unpaired) electrons. The summed E-state index contributed by atoms with van der Waals surface area (Å²) in [5, 5.41) is 3.32. The fraction of sp³-hybridized carbons (Fsp3) is 0.812. The van der Waals surface area contributed by atoms with Gasteiger partial charge >= 0.3 is 6.09 Å². The highest BCUT2D eigenvalue weighted by Crippen LogP contribution is 2.43. The Balaban J connectivity index is 1.57. The Labute approximate surface area is 127 Å². The highest BCUT2D eigenvalue weighted by atomic mass is 16.6. The topological polar surface area (TPSA) is 44.8 Å². The molecule has 1 N–H and O–H groups in total. The summed E-state index contributed by atoms with van der Waals surface area (Å²) >= 11 is 0. The maximum atomic E-state index is 12.0. The van der Waals surface area contributed by atoms with Gasteiger partial charge in [0.15, 0.2) is 0 Å². The molecule has 3 heterocycles. The number of nitrogens with zero attached hydrogens (tertiary/aromatic N) is 2. The van der Waals surface area contributed by atoms with E-state index in [1.54, 1.807) is 0 Å². The van der Waals surface area contributed by atoms with Gasteiger partial charge in [0.1, 0.15) is 6.61 Å². The maximum absolute atomic E-state index is 12.0. The van der Waals surface area contributed by atoms with Crippen LogP contribution in [0.5, 0.6) is 0 Å². The standard InChI is InChI=1S/C16H27N3O2/c1-13-9-16(12-17-2)6-5-14(19(16)10-13)11-21-15(20)18-7-3-4-8-18/h14,17H,1,3-12H2,2H3. The van der Waals surface area contributed by atoms with Crippen molar-refractivity contribution in [2.24, 2.45) is 0 Å². The molecule has 0 saturated carbocycles.